The molecule has 3 atom stereocenters. The van der Waals surface area contributed by atoms with Crippen molar-refractivity contribution in [1.82, 2.24) is 4.90 Å². The molecule has 4 rings (SSSR count). The van der Waals surface area contributed by atoms with Crippen molar-refractivity contribution in [3.63, 3.8) is 0 Å². The Kier molecular flexibility index (Phi) is 5.04. The van der Waals surface area contributed by atoms with Gasteiger partial charge < -0.3 is 9.47 Å². The van der Waals surface area contributed by atoms with Gasteiger partial charge >= 0.3 is 12.1 Å². The third-order valence-corrected chi connectivity index (χ3v) is 5.42. The normalized spacial score (nSPS) is 27.6. The number of fused-ring (bicyclic) bond motifs is 2. The van der Waals surface area contributed by atoms with Crippen molar-refractivity contribution in [2.24, 2.45) is 5.92 Å². The topological polar surface area (TPSA) is 55.8 Å². The van der Waals surface area contributed by atoms with Gasteiger partial charge in [0.05, 0.1) is 13.2 Å². The van der Waals surface area contributed by atoms with Crippen LogP contribution < -0.4 is 0 Å². The zero-order valence-electron chi connectivity index (χ0n) is 14.4. The second-order valence-electron chi connectivity index (χ2n) is 6.51. The molecule has 2 heterocycles. The molecule has 134 valence electrons. The Morgan fingerprint density at radius 3 is 2.68 bits per heavy atom. The first-order valence-electron chi connectivity index (χ1n) is 8.44. The van der Waals surface area contributed by atoms with Crippen molar-refractivity contribution >= 4 is 23.7 Å². The number of piperidine rings is 1. The molecule has 25 heavy (non-hydrogen) atoms. The average molecular weight is 364 g/mol. The molecule has 1 amide bonds. The van der Waals surface area contributed by atoms with Gasteiger partial charge in [0.25, 0.3) is 0 Å². The summed E-state index contributed by atoms with van der Waals surface area (Å²) in [4.78, 5) is 25.4. The number of rotatable bonds is 4. The second-order valence-corrected chi connectivity index (χ2v) is 7.18. The SMILES string of the molecule is CCC1=C[C@@H]2CN(C(=O)OCc3ccccc3)[C@H]1[C@@](Cl)(C(=O)OC)C2. The Bertz CT molecular complexity index is 690. The standard InChI is InChI=1S/C19H22ClNO4/c1-3-15-9-14-10-19(20,17(22)24-2)16(15)21(11-14)18(23)25-12-13-7-5-4-6-8-13/h4-9,14,16H,3,10-12H2,1-2H3/t14-,16+,19+/m0/s1. The molecular formula is C19H22ClNO4. The maximum absolute atomic E-state index is 12.7. The highest BCUT2D eigenvalue weighted by molar-refractivity contribution is 6.35. The second kappa shape index (κ2) is 7.08. The van der Waals surface area contributed by atoms with Gasteiger partial charge in [-0.05, 0) is 29.9 Å². The molecule has 1 aromatic rings. The molecule has 0 spiro atoms. The lowest BCUT2D eigenvalue weighted by Crippen LogP contribution is -2.64. The Balaban J connectivity index is 1.80. The van der Waals surface area contributed by atoms with E-state index in [0.29, 0.717) is 13.0 Å². The summed E-state index contributed by atoms with van der Waals surface area (Å²) in [6.07, 6.45) is 2.87. The molecule has 1 aliphatic carbocycles. The van der Waals surface area contributed by atoms with Crippen LogP contribution in [0.5, 0.6) is 0 Å². The van der Waals surface area contributed by atoms with E-state index in [1.165, 1.54) is 7.11 Å². The molecule has 5 nitrogen and oxygen atoms in total. The van der Waals surface area contributed by atoms with Gasteiger partial charge in [-0.25, -0.2) is 4.79 Å². The minimum absolute atomic E-state index is 0.0285. The minimum atomic E-state index is -1.25. The maximum atomic E-state index is 12.7. The van der Waals surface area contributed by atoms with Crippen LogP contribution in [0.15, 0.2) is 42.0 Å². The van der Waals surface area contributed by atoms with E-state index >= 15 is 0 Å². The van der Waals surface area contributed by atoms with Crippen LogP contribution in [0, 0.1) is 5.92 Å². The van der Waals surface area contributed by atoms with Gasteiger partial charge in [0.2, 0.25) is 0 Å². The predicted molar refractivity (Wildman–Crippen MR) is 94.2 cm³/mol. The monoisotopic (exact) mass is 363 g/mol. The number of alkyl halides is 1. The summed E-state index contributed by atoms with van der Waals surface area (Å²) in [5, 5.41) is 0. The number of halogens is 1. The number of methoxy groups -OCH3 is 1. The summed E-state index contributed by atoms with van der Waals surface area (Å²) in [7, 11) is 1.32. The van der Waals surface area contributed by atoms with E-state index in [1.807, 2.05) is 37.3 Å². The van der Waals surface area contributed by atoms with Crippen LogP contribution in [-0.4, -0.2) is 41.5 Å². The van der Waals surface area contributed by atoms with E-state index < -0.39 is 23.0 Å². The predicted octanol–water partition coefficient (Wildman–Crippen LogP) is 3.51. The summed E-state index contributed by atoms with van der Waals surface area (Å²) in [6, 6.07) is 8.96. The molecular weight excluding hydrogens is 342 g/mol. The summed E-state index contributed by atoms with van der Waals surface area (Å²) < 4.78 is 10.4. The molecule has 0 saturated carbocycles. The quantitative estimate of drug-likeness (QED) is 0.466. The Labute approximate surface area is 152 Å². The van der Waals surface area contributed by atoms with Crippen LogP contribution in [0.25, 0.3) is 0 Å². The lowest BCUT2D eigenvalue weighted by molar-refractivity contribution is -0.147. The first kappa shape index (κ1) is 17.8. The fourth-order valence-corrected chi connectivity index (χ4v) is 4.35. The molecule has 2 bridgehead atoms. The number of hydrogen-bond acceptors (Lipinski definition) is 4. The molecule has 6 heteroatoms. The first-order chi connectivity index (χ1) is 12.0. The lowest BCUT2D eigenvalue weighted by atomic mass is 9.72. The van der Waals surface area contributed by atoms with Crippen molar-refractivity contribution in [2.45, 2.75) is 37.3 Å². The molecule has 0 aromatic heterocycles. The highest BCUT2D eigenvalue weighted by Gasteiger charge is 2.57. The molecule has 3 aliphatic rings. The van der Waals surface area contributed by atoms with E-state index in [0.717, 1.165) is 17.6 Å². The van der Waals surface area contributed by atoms with Crippen LogP contribution >= 0.6 is 11.6 Å². The molecule has 0 radical (unpaired) electrons. The number of benzene rings is 1. The number of ether oxygens (including phenoxy) is 2. The number of amides is 1. The number of carbonyl (C=O) groups excluding carboxylic acids is 2. The van der Waals surface area contributed by atoms with E-state index in [2.05, 4.69) is 6.08 Å². The number of carbonyl (C=O) groups is 2. The molecule has 1 saturated heterocycles. The lowest BCUT2D eigenvalue weighted by Gasteiger charge is -2.51. The molecule has 1 fully saturated rings. The van der Waals surface area contributed by atoms with Crippen molar-refractivity contribution in [3.8, 4) is 0 Å². The van der Waals surface area contributed by atoms with Crippen LogP contribution in [0.3, 0.4) is 0 Å². The Morgan fingerprint density at radius 1 is 1.32 bits per heavy atom. The summed E-state index contributed by atoms with van der Waals surface area (Å²) in [5.74, 6) is -0.468. The van der Waals surface area contributed by atoms with Crippen LogP contribution in [0.2, 0.25) is 0 Å². The van der Waals surface area contributed by atoms with Crippen molar-refractivity contribution < 1.29 is 19.1 Å². The van der Waals surface area contributed by atoms with Gasteiger partial charge in [0, 0.05) is 6.54 Å². The largest absolute Gasteiger partial charge is 0.468 e. The van der Waals surface area contributed by atoms with Gasteiger partial charge in [-0.3, -0.25) is 9.69 Å². The average Bonchev–Trinajstić information content (AvgIpc) is 2.65. The Morgan fingerprint density at radius 2 is 2.04 bits per heavy atom. The molecule has 1 aromatic carbocycles. The van der Waals surface area contributed by atoms with E-state index in [9.17, 15) is 9.59 Å². The van der Waals surface area contributed by atoms with Crippen molar-refractivity contribution in [2.75, 3.05) is 13.7 Å². The summed E-state index contributed by atoms with van der Waals surface area (Å²) >= 11 is 6.69. The van der Waals surface area contributed by atoms with Gasteiger partial charge in [0.15, 0.2) is 4.87 Å². The first-order valence-corrected chi connectivity index (χ1v) is 8.82. The fraction of sp³-hybridized carbons (Fsp3) is 0.474. The summed E-state index contributed by atoms with van der Waals surface area (Å²) in [6.45, 7) is 2.69. The Hall–Kier alpha value is -2.01. The van der Waals surface area contributed by atoms with Gasteiger partial charge in [-0.2, -0.15) is 0 Å². The zero-order valence-corrected chi connectivity index (χ0v) is 15.2. The van der Waals surface area contributed by atoms with Crippen LogP contribution in [0.1, 0.15) is 25.3 Å². The van der Waals surface area contributed by atoms with Crippen molar-refractivity contribution in [3.05, 3.63) is 47.5 Å². The maximum Gasteiger partial charge on any atom is 0.410 e. The zero-order chi connectivity index (χ0) is 18.0. The van der Waals surface area contributed by atoms with Crippen LogP contribution in [0.4, 0.5) is 4.79 Å². The minimum Gasteiger partial charge on any atom is -0.468 e. The molecule has 2 aliphatic heterocycles. The van der Waals surface area contributed by atoms with Gasteiger partial charge in [0.1, 0.15) is 6.61 Å². The number of esters is 1. The highest BCUT2D eigenvalue weighted by atomic mass is 35.5. The number of nitrogens with zero attached hydrogens (tertiary/aromatic N) is 1. The highest BCUT2D eigenvalue weighted by Crippen LogP contribution is 2.47. The third-order valence-electron chi connectivity index (χ3n) is 4.91. The van der Waals surface area contributed by atoms with E-state index in [-0.39, 0.29) is 12.5 Å². The van der Waals surface area contributed by atoms with Crippen LogP contribution in [-0.2, 0) is 20.9 Å². The van der Waals surface area contributed by atoms with Gasteiger partial charge in [-0.1, -0.05) is 43.3 Å². The number of hydrogen-bond donors (Lipinski definition) is 0. The third kappa shape index (κ3) is 3.25. The summed E-state index contributed by atoms with van der Waals surface area (Å²) in [5.41, 5.74) is 1.90. The van der Waals surface area contributed by atoms with E-state index in [1.54, 1.807) is 4.90 Å². The molecule has 0 unspecified atom stereocenters. The van der Waals surface area contributed by atoms with Crippen molar-refractivity contribution in [1.29, 1.82) is 0 Å². The fourth-order valence-electron chi connectivity index (χ4n) is 3.82. The van der Waals surface area contributed by atoms with Gasteiger partial charge in [-0.15, -0.1) is 11.6 Å². The molecule has 0 N–H and O–H groups in total. The smallest absolute Gasteiger partial charge is 0.410 e. The van der Waals surface area contributed by atoms with E-state index in [4.69, 9.17) is 21.1 Å².